The van der Waals surface area contributed by atoms with Crippen LogP contribution in [0.1, 0.15) is 10.6 Å². The van der Waals surface area contributed by atoms with Crippen molar-refractivity contribution in [3.63, 3.8) is 0 Å². The Morgan fingerprint density at radius 2 is 2.00 bits per heavy atom. The number of nitrogens with two attached hydrogens (primary N) is 1. The molecule has 0 unspecified atom stereocenters. The number of anilines is 2. The first-order valence-corrected chi connectivity index (χ1v) is 6.51. The van der Waals surface area contributed by atoms with E-state index in [1.165, 1.54) is 0 Å². The van der Waals surface area contributed by atoms with E-state index in [1.54, 1.807) is 18.4 Å². The number of hydrogen-bond acceptors (Lipinski definition) is 5. The molecule has 0 amide bonds. The van der Waals surface area contributed by atoms with E-state index in [-0.39, 0.29) is 0 Å². The van der Waals surface area contributed by atoms with Gasteiger partial charge in [-0.2, -0.15) is 0 Å². The second-order valence-electron chi connectivity index (χ2n) is 3.97. The monoisotopic (exact) mass is 263 g/mol. The molecule has 4 nitrogen and oxygen atoms in total. The molecule has 0 atom stereocenters. The first-order chi connectivity index (χ1) is 8.65. The summed E-state index contributed by atoms with van der Waals surface area (Å²) in [6.07, 6.45) is 0. The summed E-state index contributed by atoms with van der Waals surface area (Å²) >= 11 is 1.63. The Bertz CT molecular complexity index is 522. The van der Waals surface area contributed by atoms with Crippen molar-refractivity contribution >= 4 is 22.2 Å². The highest BCUT2D eigenvalue weighted by Gasteiger charge is 2.11. The van der Waals surface area contributed by atoms with Gasteiger partial charge in [0.2, 0.25) is 0 Å². The summed E-state index contributed by atoms with van der Waals surface area (Å²) in [6.45, 7) is 2.53. The van der Waals surface area contributed by atoms with Gasteiger partial charge in [0.25, 0.3) is 0 Å². The fraction of sp³-hybridized carbons (Fsp3) is 0.308. The lowest BCUT2D eigenvalue weighted by Crippen LogP contribution is -2.08. The largest absolute Gasteiger partial charge is 0.497 e. The average Bonchev–Trinajstić information content (AvgIpc) is 2.79. The average molecular weight is 263 g/mol. The lowest BCUT2D eigenvalue weighted by molar-refractivity contribution is 0.415. The van der Waals surface area contributed by atoms with Crippen molar-refractivity contribution in [3.8, 4) is 5.75 Å². The van der Waals surface area contributed by atoms with Gasteiger partial charge in [-0.05, 0) is 31.2 Å². The molecule has 0 saturated heterocycles. The zero-order valence-corrected chi connectivity index (χ0v) is 11.6. The molecule has 2 aromatic rings. The molecule has 1 aromatic heterocycles. The first-order valence-electron chi connectivity index (χ1n) is 5.70. The normalized spacial score (nSPS) is 10.4. The highest BCUT2D eigenvalue weighted by atomic mass is 32.1. The Kier molecular flexibility index (Phi) is 3.84. The maximum atomic E-state index is 5.68. The standard InChI is InChI=1S/C13H17N3OS/c1-9-12(8-14)18-13(15-9)16(2)10-4-6-11(17-3)7-5-10/h4-7H,8,14H2,1-3H3. The summed E-state index contributed by atoms with van der Waals surface area (Å²) < 4.78 is 5.15. The molecule has 0 aliphatic rings. The van der Waals surface area contributed by atoms with Gasteiger partial charge in [0.15, 0.2) is 5.13 Å². The Balaban J connectivity index is 2.25. The molecule has 0 radical (unpaired) electrons. The number of hydrogen-bond donors (Lipinski definition) is 1. The van der Waals surface area contributed by atoms with Gasteiger partial charge in [-0.25, -0.2) is 4.98 Å². The van der Waals surface area contributed by atoms with Gasteiger partial charge in [0.05, 0.1) is 12.8 Å². The van der Waals surface area contributed by atoms with Gasteiger partial charge in [-0.3, -0.25) is 0 Å². The van der Waals surface area contributed by atoms with Crippen molar-refractivity contribution in [2.24, 2.45) is 5.73 Å². The Hall–Kier alpha value is -1.59. The predicted molar refractivity (Wildman–Crippen MR) is 75.8 cm³/mol. The minimum absolute atomic E-state index is 0.542. The number of rotatable bonds is 4. The van der Waals surface area contributed by atoms with Crippen LogP contribution in [0.25, 0.3) is 0 Å². The van der Waals surface area contributed by atoms with Crippen LogP contribution in [0.15, 0.2) is 24.3 Å². The fourth-order valence-corrected chi connectivity index (χ4v) is 2.58. The van der Waals surface area contributed by atoms with Gasteiger partial charge < -0.3 is 15.4 Å². The molecule has 2 N–H and O–H groups in total. The van der Waals surface area contributed by atoms with Crippen molar-refractivity contribution in [3.05, 3.63) is 34.8 Å². The Labute approximate surface area is 111 Å². The molecule has 2 rings (SSSR count). The zero-order chi connectivity index (χ0) is 13.1. The summed E-state index contributed by atoms with van der Waals surface area (Å²) in [5.74, 6) is 0.852. The van der Waals surface area contributed by atoms with Gasteiger partial charge in [0.1, 0.15) is 5.75 Å². The van der Waals surface area contributed by atoms with Gasteiger partial charge in [-0.1, -0.05) is 11.3 Å². The molecule has 0 aliphatic heterocycles. The molecule has 18 heavy (non-hydrogen) atoms. The van der Waals surface area contributed by atoms with E-state index >= 15 is 0 Å². The van der Waals surface area contributed by atoms with Gasteiger partial charge in [0, 0.05) is 24.2 Å². The number of nitrogens with zero attached hydrogens (tertiary/aromatic N) is 2. The third kappa shape index (κ3) is 2.47. The summed E-state index contributed by atoms with van der Waals surface area (Å²) in [5, 5.41) is 0.957. The molecule has 1 heterocycles. The quantitative estimate of drug-likeness (QED) is 0.921. The number of aromatic nitrogens is 1. The number of methoxy groups -OCH3 is 1. The smallest absolute Gasteiger partial charge is 0.190 e. The van der Waals surface area contributed by atoms with Crippen molar-refractivity contribution in [1.82, 2.24) is 4.98 Å². The van der Waals surface area contributed by atoms with E-state index < -0.39 is 0 Å². The van der Waals surface area contributed by atoms with E-state index in [0.29, 0.717) is 6.54 Å². The van der Waals surface area contributed by atoms with Crippen LogP contribution in [-0.4, -0.2) is 19.1 Å². The molecule has 0 fully saturated rings. The number of benzene rings is 1. The molecule has 0 aliphatic carbocycles. The van der Waals surface area contributed by atoms with E-state index in [2.05, 4.69) is 9.88 Å². The van der Waals surface area contributed by atoms with E-state index in [4.69, 9.17) is 10.5 Å². The molecule has 5 heteroatoms. The van der Waals surface area contributed by atoms with Crippen LogP contribution in [0.5, 0.6) is 5.75 Å². The second-order valence-corrected chi connectivity index (χ2v) is 5.03. The van der Waals surface area contributed by atoms with Crippen LogP contribution in [0, 0.1) is 6.92 Å². The van der Waals surface area contributed by atoms with Crippen molar-refractivity contribution in [2.75, 3.05) is 19.1 Å². The number of thiazole rings is 1. The van der Waals surface area contributed by atoms with Crippen LogP contribution < -0.4 is 15.4 Å². The summed E-state index contributed by atoms with van der Waals surface area (Å²) in [5.41, 5.74) is 7.76. The van der Waals surface area contributed by atoms with Crippen LogP contribution in [0.2, 0.25) is 0 Å². The summed E-state index contributed by atoms with van der Waals surface area (Å²) in [6, 6.07) is 7.90. The van der Waals surface area contributed by atoms with Crippen LogP contribution >= 0.6 is 11.3 Å². The minimum atomic E-state index is 0.542. The van der Waals surface area contributed by atoms with E-state index in [1.807, 2.05) is 38.2 Å². The third-order valence-corrected chi connectivity index (χ3v) is 4.07. The third-order valence-electron chi connectivity index (χ3n) is 2.81. The molecule has 1 aromatic carbocycles. The number of ether oxygens (including phenoxy) is 1. The van der Waals surface area contributed by atoms with Crippen LogP contribution in [-0.2, 0) is 6.54 Å². The molecule has 0 bridgehead atoms. The Morgan fingerprint density at radius 3 is 2.50 bits per heavy atom. The van der Waals surface area contributed by atoms with Crippen molar-refractivity contribution in [1.29, 1.82) is 0 Å². The topological polar surface area (TPSA) is 51.4 Å². The van der Waals surface area contributed by atoms with Crippen LogP contribution in [0.3, 0.4) is 0 Å². The first kappa shape index (κ1) is 12.9. The fourth-order valence-electron chi connectivity index (χ4n) is 1.66. The van der Waals surface area contributed by atoms with Crippen molar-refractivity contribution < 1.29 is 4.74 Å². The molecule has 96 valence electrons. The Morgan fingerprint density at radius 1 is 1.33 bits per heavy atom. The van der Waals surface area contributed by atoms with E-state index in [9.17, 15) is 0 Å². The van der Waals surface area contributed by atoms with Gasteiger partial charge >= 0.3 is 0 Å². The molecular weight excluding hydrogens is 246 g/mol. The summed E-state index contributed by atoms with van der Waals surface area (Å²) in [7, 11) is 3.66. The highest BCUT2D eigenvalue weighted by Crippen LogP contribution is 2.30. The molecule has 0 spiro atoms. The maximum absolute atomic E-state index is 5.68. The predicted octanol–water partition coefficient (Wildman–Crippen LogP) is 2.69. The zero-order valence-electron chi connectivity index (χ0n) is 10.8. The van der Waals surface area contributed by atoms with Crippen molar-refractivity contribution in [2.45, 2.75) is 13.5 Å². The lowest BCUT2D eigenvalue weighted by Gasteiger charge is -2.16. The lowest BCUT2D eigenvalue weighted by atomic mass is 10.3. The van der Waals surface area contributed by atoms with E-state index in [0.717, 1.165) is 27.1 Å². The second kappa shape index (κ2) is 5.37. The molecule has 0 saturated carbocycles. The number of aryl methyl sites for hydroxylation is 1. The minimum Gasteiger partial charge on any atom is -0.497 e. The van der Waals surface area contributed by atoms with Crippen LogP contribution in [0.4, 0.5) is 10.8 Å². The molecular formula is C13H17N3OS. The van der Waals surface area contributed by atoms with Gasteiger partial charge in [-0.15, -0.1) is 0 Å². The maximum Gasteiger partial charge on any atom is 0.190 e. The highest BCUT2D eigenvalue weighted by molar-refractivity contribution is 7.15. The SMILES string of the molecule is COc1ccc(N(C)c2nc(C)c(CN)s2)cc1. The summed E-state index contributed by atoms with van der Waals surface area (Å²) in [4.78, 5) is 7.72.